The van der Waals surface area contributed by atoms with E-state index in [0.29, 0.717) is 16.9 Å². The monoisotopic (exact) mass is 390 g/mol. The molecule has 3 rings (SSSR count). The van der Waals surface area contributed by atoms with E-state index < -0.39 is 11.9 Å². The minimum Gasteiger partial charge on any atom is -0.493 e. The fourth-order valence-electron chi connectivity index (χ4n) is 2.34. The summed E-state index contributed by atoms with van der Waals surface area (Å²) in [7, 11) is 1.47. The second kappa shape index (κ2) is 9.23. The van der Waals surface area contributed by atoms with Crippen LogP contribution in [0.15, 0.2) is 66.2 Å². The first-order chi connectivity index (χ1) is 14.1. The van der Waals surface area contributed by atoms with Crippen molar-refractivity contribution in [3.05, 3.63) is 83.4 Å². The molecule has 0 radical (unpaired) electrons. The van der Waals surface area contributed by atoms with Crippen molar-refractivity contribution in [2.75, 3.05) is 7.11 Å². The summed E-state index contributed by atoms with van der Waals surface area (Å²) in [5, 5.41) is 3.88. The molecule has 0 saturated heterocycles. The minimum absolute atomic E-state index is 0.153. The zero-order valence-corrected chi connectivity index (χ0v) is 15.8. The van der Waals surface area contributed by atoms with E-state index in [1.165, 1.54) is 31.9 Å². The fraction of sp³-hybridized carbons (Fsp3) is 0.0952. The van der Waals surface area contributed by atoms with Crippen LogP contribution < -0.4 is 14.9 Å². The predicted molar refractivity (Wildman–Crippen MR) is 106 cm³/mol. The minimum atomic E-state index is -0.485. The Balaban J connectivity index is 1.67. The second-order valence-corrected chi connectivity index (χ2v) is 5.96. The largest absolute Gasteiger partial charge is 0.493 e. The number of aryl methyl sites for hydroxylation is 1. The molecular formula is C21H18N4O4. The summed E-state index contributed by atoms with van der Waals surface area (Å²) in [5.74, 6) is -0.334. The van der Waals surface area contributed by atoms with Gasteiger partial charge < -0.3 is 9.47 Å². The number of carbonyl (C=O) groups excluding carboxylic acids is 2. The number of methoxy groups -OCH3 is 1. The molecule has 0 aliphatic rings. The van der Waals surface area contributed by atoms with Crippen molar-refractivity contribution in [1.29, 1.82) is 0 Å². The summed E-state index contributed by atoms with van der Waals surface area (Å²) in [6.07, 6.45) is 5.66. The third kappa shape index (κ3) is 5.23. The fourth-order valence-corrected chi connectivity index (χ4v) is 2.34. The zero-order valence-electron chi connectivity index (χ0n) is 15.8. The van der Waals surface area contributed by atoms with Crippen LogP contribution in [-0.2, 0) is 0 Å². The Labute approximate surface area is 167 Å². The van der Waals surface area contributed by atoms with E-state index in [9.17, 15) is 9.59 Å². The van der Waals surface area contributed by atoms with Crippen molar-refractivity contribution in [3.63, 3.8) is 0 Å². The van der Waals surface area contributed by atoms with Crippen LogP contribution in [0.5, 0.6) is 11.5 Å². The van der Waals surface area contributed by atoms with E-state index >= 15 is 0 Å². The molecule has 0 aliphatic carbocycles. The van der Waals surface area contributed by atoms with Crippen molar-refractivity contribution in [2.45, 2.75) is 6.92 Å². The number of rotatable bonds is 6. The highest BCUT2D eigenvalue weighted by atomic mass is 16.6. The Kier molecular flexibility index (Phi) is 6.26. The highest BCUT2D eigenvalue weighted by molar-refractivity contribution is 5.93. The summed E-state index contributed by atoms with van der Waals surface area (Å²) in [4.78, 5) is 31.9. The van der Waals surface area contributed by atoms with Gasteiger partial charge in [0.15, 0.2) is 11.5 Å². The second-order valence-electron chi connectivity index (χ2n) is 5.96. The van der Waals surface area contributed by atoms with E-state index in [-0.39, 0.29) is 11.4 Å². The van der Waals surface area contributed by atoms with Crippen LogP contribution >= 0.6 is 0 Å². The van der Waals surface area contributed by atoms with Gasteiger partial charge in [-0.2, -0.15) is 5.10 Å². The molecule has 3 aromatic rings. The molecule has 0 atom stereocenters. The number of aromatic nitrogens is 2. The molecule has 1 aromatic heterocycles. The van der Waals surface area contributed by atoms with E-state index in [1.807, 2.05) is 19.1 Å². The lowest BCUT2D eigenvalue weighted by molar-refractivity contribution is 0.0729. The third-order valence-corrected chi connectivity index (χ3v) is 3.85. The molecule has 0 saturated carbocycles. The normalized spacial score (nSPS) is 10.6. The summed E-state index contributed by atoms with van der Waals surface area (Å²) in [6, 6.07) is 12.0. The van der Waals surface area contributed by atoms with Crippen LogP contribution in [0.4, 0.5) is 0 Å². The van der Waals surface area contributed by atoms with Gasteiger partial charge in [0.05, 0.1) is 25.1 Å². The maximum atomic E-state index is 12.3. The number of hydrogen-bond acceptors (Lipinski definition) is 7. The number of benzene rings is 2. The first-order valence-corrected chi connectivity index (χ1v) is 8.63. The van der Waals surface area contributed by atoms with E-state index in [0.717, 1.165) is 5.56 Å². The molecular weight excluding hydrogens is 372 g/mol. The van der Waals surface area contributed by atoms with E-state index in [1.54, 1.807) is 30.3 Å². The third-order valence-electron chi connectivity index (χ3n) is 3.85. The average Bonchev–Trinajstić information content (AvgIpc) is 2.75. The number of ether oxygens (including phenoxy) is 2. The van der Waals surface area contributed by atoms with Gasteiger partial charge in [-0.1, -0.05) is 17.7 Å². The smallest absolute Gasteiger partial charge is 0.343 e. The SMILES string of the molecule is COc1cc(C=NNC(=O)c2cnccn2)ccc1OC(=O)c1ccc(C)cc1. The van der Waals surface area contributed by atoms with Gasteiger partial charge in [0, 0.05) is 12.4 Å². The van der Waals surface area contributed by atoms with Crippen LogP contribution in [0.2, 0.25) is 0 Å². The van der Waals surface area contributed by atoms with Gasteiger partial charge in [0.25, 0.3) is 5.91 Å². The molecule has 1 heterocycles. The van der Waals surface area contributed by atoms with Gasteiger partial charge in [-0.15, -0.1) is 0 Å². The maximum Gasteiger partial charge on any atom is 0.343 e. The zero-order chi connectivity index (χ0) is 20.6. The van der Waals surface area contributed by atoms with Crippen molar-refractivity contribution in [1.82, 2.24) is 15.4 Å². The summed E-state index contributed by atoms with van der Waals surface area (Å²) >= 11 is 0. The molecule has 1 N–H and O–H groups in total. The van der Waals surface area contributed by atoms with Crippen LogP contribution in [0.3, 0.4) is 0 Å². The highest BCUT2D eigenvalue weighted by Crippen LogP contribution is 2.28. The molecule has 0 fully saturated rings. The predicted octanol–water partition coefficient (Wildman–Crippen LogP) is 2.78. The molecule has 1 amide bonds. The summed E-state index contributed by atoms with van der Waals surface area (Å²) in [6.45, 7) is 1.94. The van der Waals surface area contributed by atoms with Gasteiger partial charge in [-0.3, -0.25) is 9.78 Å². The van der Waals surface area contributed by atoms with Gasteiger partial charge in [0.2, 0.25) is 0 Å². The van der Waals surface area contributed by atoms with Crippen molar-refractivity contribution < 1.29 is 19.1 Å². The highest BCUT2D eigenvalue weighted by Gasteiger charge is 2.13. The van der Waals surface area contributed by atoms with Crippen LogP contribution in [0.25, 0.3) is 0 Å². The van der Waals surface area contributed by atoms with Gasteiger partial charge in [0.1, 0.15) is 5.69 Å². The lowest BCUT2D eigenvalue weighted by Gasteiger charge is -2.10. The first kappa shape index (κ1) is 19.7. The molecule has 0 aliphatic heterocycles. The number of hydrazone groups is 1. The number of esters is 1. The van der Waals surface area contributed by atoms with Crippen molar-refractivity contribution >= 4 is 18.1 Å². The Morgan fingerprint density at radius 2 is 1.86 bits per heavy atom. The number of nitrogens with zero attached hydrogens (tertiary/aromatic N) is 3. The van der Waals surface area contributed by atoms with Crippen molar-refractivity contribution in [2.24, 2.45) is 5.10 Å². The number of nitrogens with one attached hydrogen (secondary N) is 1. The summed E-state index contributed by atoms with van der Waals surface area (Å²) in [5.41, 5.74) is 4.64. The number of amides is 1. The van der Waals surface area contributed by atoms with E-state index in [4.69, 9.17) is 9.47 Å². The van der Waals surface area contributed by atoms with Gasteiger partial charge >= 0.3 is 5.97 Å². The molecule has 0 bridgehead atoms. The topological polar surface area (TPSA) is 103 Å². The maximum absolute atomic E-state index is 12.3. The quantitative estimate of drug-likeness (QED) is 0.300. The molecule has 0 unspecified atom stereocenters. The number of hydrogen-bond donors (Lipinski definition) is 1. The van der Waals surface area contributed by atoms with Crippen LogP contribution in [0.1, 0.15) is 32.0 Å². The Morgan fingerprint density at radius 1 is 1.07 bits per heavy atom. The van der Waals surface area contributed by atoms with Crippen LogP contribution in [0, 0.1) is 6.92 Å². The molecule has 146 valence electrons. The molecule has 2 aromatic carbocycles. The lowest BCUT2D eigenvalue weighted by Crippen LogP contribution is -2.19. The Hall–Kier alpha value is -4.07. The van der Waals surface area contributed by atoms with Gasteiger partial charge in [-0.05, 0) is 42.8 Å². The van der Waals surface area contributed by atoms with Gasteiger partial charge in [-0.25, -0.2) is 15.2 Å². The Morgan fingerprint density at radius 3 is 2.55 bits per heavy atom. The number of carbonyl (C=O) groups is 2. The van der Waals surface area contributed by atoms with Crippen molar-refractivity contribution in [3.8, 4) is 11.5 Å². The lowest BCUT2D eigenvalue weighted by atomic mass is 10.1. The Bertz CT molecular complexity index is 1030. The van der Waals surface area contributed by atoms with E-state index in [2.05, 4.69) is 20.5 Å². The molecule has 8 heteroatoms. The molecule has 29 heavy (non-hydrogen) atoms. The average molecular weight is 390 g/mol. The standard InChI is InChI=1S/C21H18N4O4/c1-14-3-6-16(7-4-14)21(27)29-18-8-5-15(11-19(18)28-2)12-24-25-20(26)17-13-22-9-10-23-17/h3-13H,1-2H3,(H,25,26). The van der Waals surface area contributed by atoms with Crippen LogP contribution in [-0.4, -0.2) is 35.2 Å². The summed E-state index contributed by atoms with van der Waals surface area (Å²) < 4.78 is 10.7. The molecule has 8 nitrogen and oxygen atoms in total. The first-order valence-electron chi connectivity index (χ1n) is 8.63. The molecule has 0 spiro atoms.